The highest BCUT2D eigenvalue weighted by atomic mass is 32.2. The molecule has 2 aromatic rings. The minimum Gasteiger partial charge on any atom is -0.493 e. The number of nitrogens with one attached hydrogen (secondary N) is 2. The molecule has 0 saturated heterocycles. The van der Waals surface area contributed by atoms with Gasteiger partial charge in [-0.15, -0.1) is 0 Å². The second-order valence-corrected chi connectivity index (χ2v) is 11.2. The Morgan fingerprint density at radius 2 is 1.89 bits per heavy atom. The van der Waals surface area contributed by atoms with Crippen molar-refractivity contribution in [1.29, 1.82) is 0 Å². The first kappa shape index (κ1) is 25.4. The van der Waals surface area contributed by atoms with Crippen LogP contribution in [0.3, 0.4) is 0 Å². The van der Waals surface area contributed by atoms with Crippen molar-refractivity contribution in [3.05, 3.63) is 59.7 Å². The van der Waals surface area contributed by atoms with Gasteiger partial charge in [-0.2, -0.15) is 0 Å². The van der Waals surface area contributed by atoms with Gasteiger partial charge in [-0.1, -0.05) is 37.3 Å². The minimum absolute atomic E-state index is 0.0452. The summed E-state index contributed by atoms with van der Waals surface area (Å²) in [6, 6.07) is 14.6. The van der Waals surface area contributed by atoms with E-state index in [9.17, 15) is 13.8 Å². The van der Waals surface area contributed by atoms with Gasteiger partial charge in [0.25, 0.3) is 5.91 Å². The van der Waals surface area contributed by atoms with Crippen LogP contribution in [0.1, 0.15) is 42.1 Å². The molecule has 2 aromatic carbocycles. The van der Waals surface area contributed by atoms with Crippen LogP contribution in [0.15, 0.2) is 48.5 Å². The summed E-state index contributed by atoms with van der Waals surface area (Å²) in [5.41, 5.74) is 1.98. The van der Waals surface area contributed by atoms with Crippen LogP contribution in [0.4, 0.5) is 5.69 Å². The zero-order valence-electron chi connectivity index (χ0n) is 20.7. The summed E-state index contributed by atoms with van der Waals surface area (Å²) in [4.78, 5) is 26.4. The number of hydrogen-bond donors (Lipinski definition) is 2. The summed E-state index contributed by atoms with van der Waals surface area (Å²) in [6.07, 6.45) is 5.32. The van der Waals surface area contributed by atoms with Crippen LogP contribution in [0.2, 0.25) is 0 Å². The van der Waals surface area contributed by atoms with E-state index < -0.39 is 17.0 Å². The Hall–Kier alpha value is -2.71. The summed E-state index contributed by atoms with van der Waals surface area (Å²) in [6.45, 7) is 3.01. The van der Waals surface area contributed by atoms with E-state index in [1.807, 2.05) is 30.3 Å². The predicted octanol–water partition coefficient (Wildman–Crippen LogP) is 3.11. The van der Waals surface area contributed by atoms with Crippen molar-refractivity contribution in [2.24, 2.45) is 11.8 Å². The van der Waals surface area contributed by atoms with Crippen LogP contribution in [-0.2, 0) is 22.2 Å². The Balaban J connectivity index is 1.52. The molecule has 0 aliphatic heterocycles. The van der Waals surface area contributed by atoms with Gasteiger partial charge < -0.3 is 15.4 Å². The van der Waals surface area contributed by atoms with Gasteiger partial charge in [-0.05, 0) is 55.2 Å². The molecule has 0 bridgehead atoms. The molecule has 0 heterocycles. The molecule has 4 rings (SSSR count). The van der Waals surface area contributed by atoms with Crippen molar-refractivity contribution in [3.63, 3.8) is 0 Å². The van der Waals surface area contributed by atoms with Crippen LogP contribution in [0.5, 0.6) is 5.75 Å². The van der Waals surface area contributed by atoms with Gasteiger partial charge in [-0.25, -0.2) is 4.21 Å². The second-order valence-electron chi connectivity index (χ2n) is 9.76. The maximum atomic E-state index is 13.4. The van der Waals surface area contributed by atoms with Crippen LogP contribution in [0, 0.1) is 11.8 Å². The molecule has 0 aromatic heterocycles. The third-order valence-corrected chi connectivity index (χ3v) is 7.74. The first-order chi connectivity index (χ1) is 16.8. The Kier molecular flexibility index (Phi) is 8.23. The number of amides is 1. The van der Waals surface area contributed by atoms with Crippen molar-refractivity contribution in [2.75, 3.05) is 30.8 Å². The zero-order valence-corrected chi connectivity index (χ0v) is 21.5. The molecule has 0 radical (unpaired) electrons. The normalized spacial score (nSPS) is 20.5. The van der Waals surface area contributed by atoms with Gasteiger partial charge in [-0.3, -0.25) is 13.9 Å². The maximum absolute atomic E-state index is 13.4. The van der Waals surface area contributed by atoms with E-state index in [1.165, 1.54) is 0 Å². The Bertz CT molecular complexity index is 1070. The quantitative estimate of drug-likeness (QED) is 0.444. The average Bonchev–Trinajstić information content (AvgIpc) is 3.78. The van der Waals surface area contributed by atoms with Crippen molar-refractivity contribution in [1.82, 2.24) is 10.6 Å². The first-order valence-corrected chi connectivity index (χ1v) is 13.8. The lowest BCUT2D eigenvalue weighted by Crippen LogP contribution is -2.46. The highest BCUT2D eigenvalue weighted by molar-refractivity contribution is 7.85. The van der Waals surface area contributed by atoms with E-state index in [-0.39, 0.29) is 18.2 Å². The number of anilines is 1. The molecule has 4 atom stereocenters. The van der Waals surface area contributed by atoms with Crippen LogP contribution in [-0.4, -0.2) is 54.4 Å². The molecule has 2 N–H and O–H groups in total. The van der Waals surface area contributed by atoms with Gasteiger partial charge in [0.05, 0.1) is 24.9 Å². The van der Waals surface area contributed by atoms with Gasteiger partial charge in [0.1, 0.15) is 16.7 Å². The Morgan fingerprint density at radius 1 is 1.17 bits per heavy atom. The molecule has 2 fully saturated rings. The molecule has 7 nitrogen and oxygen atoms in total. The molecular weight excluding hydrogens is 462 g/mol. The molecule has 2 aliphatic carbocycles. The fourth-order valence-corrected chi connectivity index (χ4v) is 4.36. The highest BCUT2D eigenvalue weighted by Gasteiger charge is 2.33. The van der Waals surface area contributed by atoms with Crippen molar-refractivity contribution < 1.29 is 18.5 Å². The number of carbonyl (C=O) groups excluding carboxylic acids is 2. The third-order valence-electron chi connectivity index (χ3n) is 6.76. The van der Waals surface area contributed by atoms with Crippen molar-refractivity contribution in [2.45, 2.75) is 44.7 Å². The number of rotatable bonds is 13. The summed E-state index contributed by atoms with van der Waals surface area (Å²) in [5, 5.41) is 6.21. The highest BCUT2D eigenvalue weighted by Crippen LogP contribution is 2.38. The van der Waals surface area contributed by atoms with Crippen LogP contribution in [0.25, 0.3) is 0 Å². The number of hydrogen-bond acceptors (Lipinski definition) is 5. The molecular formula is C27H35N3O4S. The SMILES string of the molecule is CC1CC1COc1cc(C(=O)NC(Cc2ccccc2)C(=O)CNC2CC2)cc(N(C)S(C)=O)c1. The molecule has 35 heavy (non-hydrogen) atoms. The zero-order chi connectivity index (χ0) is 24.9. The molecule has 188 valence electrons. The standard InChI is InChI=1S/C27H35N3O4S/c1-18-11-21(18)17-34-24-14-20(13-23(15-24)30(2)35(3)33)27(32)29-25(12-19-7-5-4-6-8-19)26(31)16-28-22-9-10-22/h4-8,13-15,18,21-22,25,28H,9-12,16-17H2,1-3H3,(H,29,32). The first-order valence-electron chi connectivity index (χ1n) is 12.3. The van der Waals surface area contributed by atoms with Crippen LogP contribution >= 0.6 is 0 Å². The lowest BCUT2D eigenvalue weighted by atomic mass is 10.0. The van der Waals surface area contributed by atoms with Crippen molar-refractivity contribution >= 4 is 28.4 Å². The molecule has 1 amide bonds. The van der Waals surface area contributed by atoms with E-state index >= 15 is 0 Å². The smallest absolute Gasteiger partial charge is 0.252 e. The van der Waals surface area contributed by atoms with E-state index in [2.05, 4.69) is 17.6 Å². The van der Waals surface area contributed by atoms with E-state index in [0.29, 0.717) is 47.9 Å². The second kappa shape index (κ2) is 11.4. The summed E-state index contributed by atoms with van der Waals surface area (Å²) in [7, 11) is 0.454. The molecule has 0 spiro atoms. The number of nitrogens with zero attached hydrogens (tertiary/aromatic N) is 1. The Labute approximate surface area is 210 Å². The summed E-state index contributed by atoms with van der Waals surface area (Å²) < 4.78 is 19.7. The summed E-state index contributed by atoms with van der Waals surface area (Å²) in [5.74, 6) is 1.34. The fourth-order valence-electron chi connectivity index (χ4n) is 3.95. The number of benzene rings is 2. The molecule has 2 saturated carbocycles. The van der Waals surface area contributed by atoms with Gasteiger partial charge in [0.2, 0.25) is 0 Å². The maximum Gasteiger partial charge on any atom is 0.252 e. The number of ketones is 1. The fraction of sp³-hybridized carbons (Fsp3) is 0.481. The van der Waals surface area contributed by atoms with E-state index in [0.717, 1.165) is 24.8 Å². The molecule has 2 aliphatic rings. The van der Waals surface area contributed by atoms with Crippen LogP contribution < -0.4 is 19.7 Å². The van der Waals surface area contributed by atoms with Gasteiger partial charge in [0.15, 0.2) is 5.78 Å². The average molecular weight is 498 g/mol. The lowest BCUT2D eigenvalue weighted by molar-refractivity contribution is -0.120. The molecule has 8 heteroatoms. The van der Waals surface area contributed by atoms with Crippen molar-refractivity contribution in [3.8, 4) is 5.75 Å². The topological polar surface area (TPSA) is 87.7 Å². The number of Topliss-reactive ketones (excluding diaryl/α,β-unsaturated/α-hetero) is 1. The van der Waals surface area contributed by atoms with Gasteiger partial charge >= 0.3 is 0 Å². The van der Waals surface area contributed by atoms with Gasteiger partial charge in [0, 0.05) is 31.0 Å². The lowest BCUT2D eigenvalue weighted by Gasteiger charge is -2.21. The molecule has 4 unspecified atom stereocenters. The number of carbonyl (C=O) groups is 2. The van der Waals surface area contributed by atoms with E-state index in [1.54, 1.807) is 35.8 Å². The summed E-state index contributed by atoms with van der Waals surface area (Å²) >= 11 is 0. The third kappa shape index (κ3) is 7.39. The Morgan fingerprint density at radius 3 is 2.51 bits per heavy atom. The minimum atomic E-state index is -1.26. The van der Waals surface area contributed by atoms with E-state index in [4.69, 9.17) is 4.74 Å². The monoisotopic (exact) mass is 497 g/mol. The largest absolute Gasteiger partial charge is 0.493 e. The number of ether oxygens (including phenoxy) is 1. The predicted molar refractivity (Wildman–Crippen MR) is 139 cm³/mol.